The Balaban J connectivity index is 2.51. The van der Waals surface area contributed by atoms with Gasteiger partial charge in [-0.25, -0.2) is 0 Å². The molecule has 0 N–H and O–H groups in total. The van der Waals surface area contributed by atoms with E-state index in [0.717, 1.165) is 31.5 Å². The molecular weight excluding hydrogens is 222 g/mol. The maximum absolute atomic E-state index is 12.3. The zero-order chi connectivity index (χ0) is 13.2. The number of carbonyl (C=O) groups excluding carboxylic acids is 1. The number of nitrogens with zero attached hydrogens (tertiary/aromatic N) is 1. The van der Waals surface area contributed by atoms with E-state index in [-0.39, 0.29) is 5.91 Å². The van der Waals surface area contributed by atoms with Crippen LogP contribution in [-0.4, -0.2) is 23.9 Å². The second-order valence-corrected chi connectivity index (χ2v) is 5.03. The Hall–Kier alpha value is -1.05. The largest absolute Gasteiger partial charge is 0.339 e. The first-order chi connectivity index (χ1) is 8.79. The van der Waals surface area contributed by atoms with E-state index in [9.17, 15) is 4.79 Å². The van der Waals surface area contributed by atoms with Crippen molar-refractivity contribution in [2.75, 3.05) is 13.1 Å². The summed E-state index contributed by atoms with van der Waals surface area (Å²) in [5.74, 6) is 0.266. The first-order valence-corrected chi connectivity index (χ1v) is 7.40. The van der Waals surface area contributed by atoms with Gasteiger partial charge in [0.05, 0.1) is 0 Å². The van der Waals surface area contributed by atoms with Gasteiger partial charge in [0.2, 0.25) is 5.91 Å². The summed E-state index contributed by atoms with van der Waals surface area (Å²) in [5, 5.41) is 0. The van der Waals surface area contributed by atoms with E-state index in [1.54, 1.807) is 0 Å². The van der Waals surface area contributed by atoms with Gasteiger partial charge in [0.1, 0.15) is 0 Å². The first kappa shape index (κ1) is 15.0. The number of likely N-dealkylation sites (tertiary alicyclic amines) is 1. The van der Waals surface area contributed by atoms with Crippen LogP contribution in [0.25, 0.3) is 0 Å². The summed E-state index contributed by atoms with van der Waals surface area (Å²) in [6.45, 7) is 6.10. The van der Waals surface area contributed by atoms with Gasteiger partial charge in [-0.15, -0.1) is 0 Å². The Kier molecular flexibility index (Phi) is 7.47. The third-order valence-corrected chi connectivity index (χ3v) is 3.46. The molecule has 1 saturated heterocycles. The monoisotopic (exact) mass is 249 g/mol. The predicted molar refractivity (Wildman–Crippen MR) is 77.5 cm³/mol. The van der Waals surface area contributed by atoms with Gasteiger partial charge in [0.25, 0.3) is 0 Å². The highest BCUT2D eigenvalue weighted by atomic mass is 16.2. The van der Waals surface area contributed by atoms with Crippen molar-refractivity contribution in [3.63, 3.8) is 0 Å². The third-order valence-electron chi connectivity index (χ3n) is 3.46. The maximum Gasteiger partial charge on any atom is 0.249 e. The number of hydrogen-bond donors (Lipinski definition) is 0. The second-order valence-electron chi connectivity index (χ2n) is 5.03. The SMILES string of the molecule is C/C=C/C=C(/CCCCCC)C(=O)N1CCCC1. The third kappa shape index (κ3) is 5.07. The lowest BCUT2D eigenvalue weighted by molar-refractivity contribution is -0.126. The van der Waals surface area contributed by atoms with Gasteiger partial charge in [-0.2, -0.15) is 0 Å². The minimum atomic E-state index is 0.266. The Morgan fingerprint density at radius 2 is 1.89 bits per heavy atom. The average molecular weight is 249 g/mol. The van der Waals surface area contributed by atoms with Gasteiger partial charge in [0, 0.05) is 18.7 Å². The average Bonchev–Trinajstić information content (AvgIpc) is 2.91. The molecule has 1 aliphatic rings. The van der Waals surface area contributed by atoms with Gasteiger partial charge in [-0.1, -0.05) is 44.4 Å². The van der Waals surface area contributed by atoms with Crippen LogP contribution in [-0.2, 0) is 4.79 Å². The highest BCUT2D eigenvalue weighted by molar-refractivity contribution is 5.93. The lowest BCUT2D eigenvalue weighted by Crippen LogP contribution is -2.29. The zero-order valence-electron chi connectivity index (χ0n) is 12.0. The smallest absolute Gasteiger partial charge is 0.249 e. The van der Waals surface area contributed by atoms with Crippen LogP contribution in [0.5, 0.6) is 0 Å². The molecule has 0 bridgehead atoms. The van der Waals surface area contributed by atoms with Crippen LogP contribution in [0.3, 0.4) is 0 Å². The van der Waals surface area contributed by atoms with Gasteiger partial charge in [-0.3, -0.25) is 4.79 Å². The Morgan fingerprint density at radius 3 is 2.50 bits per heavy atom. The van der Waals surface area contributed by atoms with E-state index in [1.807, 2.05) is 30.1 Å². The molecule has 0 atom stereocenters. The lowest BCUT2D eigenvalue weighted by Gasteiger charge is -2.17. The van der Waals surface area contributed by atoms with Crippen LogP contribution in [0.15, 0.2) is 23.8 Å². The van der Waals surface area contributed by atoms with E-state index in [2.05, 4.69) is 6.92 Å². The predicted octanol–water partition coefficient (Wildman–Crippen LogP) is 4.08. The molecule has 1 heterocycles. The summed E-state index contributed by atoms with van der Waals surface area (Å²) in [5.41, 5.74) is 0.992. The Bertz CT molecular complexity index is 298. The van der Waals surface area contributed by atoms with Crippen molar-refractivity contribution in [3.8, 4) is 0 Å². The van der Waals surface area contributed by atoms with Crippen molar-refractivity contribution >= 4 is 5.91 Å². The van der Waals surface area contributed by atoms with Crippen molar-refractivity contribution in [1.82, 2.24) is 4.90 Å². The molecular formula is C16H27NO. The van der Waals surface area contributed by atoms with Crippen LogP contribution >= 0.6 is 0 Å². The fourth-order valence-corrected chi connectivity index (χ4v) is 2.34. The Morgan fingerprint density at radius 1 is 1.17 bits per heavy atom. The minimum Gasteiger partial charge on any atom is -0.339 e. The lowest BCUT2D eigenvalue weighted by atomic mass is 10.0. The van der Waals surface area contributed by atoms with Crippen molar-refractivity contribution in [2.24, 2.45) is 0 Å². The van der Waals surface area contributed by atoms with E-state index >= 15 is 0 Å². The Labute approximate surface area is 112 Å². The van der Waals surface area contributed by atoms with Crippen molar-refractivity contribution < 1.29 is 4.79 Å². The van der Waals surface area contributed by atoms with Crippen molar-refractivity contribution in [1.29, 1.82) is 0 Å². The van der Waals surface area contributed by atoms with Gasteiger partial charge in [0.15, 0.2) is 0 Å². The summed E-state index contributed by atoms with van der Waals surface area (Å²) >= 11 is 0. The molecule has 0 aliphatic carbocycles. The van der Waals surface area contributed by atoms with E-state index in [1.165, 1.54) is 32.1 Å². The molecule has 1 aliphatic heterocycles. The molecule has 102 valence electrons. The first-order valence-electron chi connectivity index (χ1n) is 7.40. The van der Waals surface area contributed by atoms with Crippen LogP contribution < -0.4 is 0 Å². The van der Waals surface area contributed by atoms with E-state index in [0.29, 0.717) is 0 Å². The molecule has 0 spiro atoms. The van der Waals surface area contributed by atoms with Gasteiger partial charge < -0.3 is 4.90 Å². The van der Waals surface area contributed by atoms with E-state index in [4.69, 9.17) is 0 Å². The normalized spacial score (nSPS) is 16.8. The molecule has 2 nitrogen and oxygen atoms in total. The quantitative estimate of drug-likeness (QED) is 0.378. The summed E-state index contributed by atoms with van der Waals surface area (Å²) < 4.78 is 0. The molecule has 2 heteroatoms. The molecule has 0 unspecified atom stereocenters. The highest BCUT2D eigenvalue weighted by Crippen LogP contribution is 2.17. The van der Waals surface area contributed by atoms with Crippen LogP contribution in [0.2, 0.25) is 0 Å². The summed E-state index contributed by atoms with van der Waals surface area (Å²) in [4.78, 5) is 14.3. The zero-order valence-corrected chi connectivity index (χ0v) is 12.0. The van der Waals surface area contributed by atoms with Gasteiger partial charge in [-0.05, 0) is 32.6 Å². The molecule has 0 saturated carbocycles. The van der Waals surface area contributed by atoms with Crippen molar-refractivity contribution in [2.45, 2.75) is 58.8 Å². The molecule has 0 aromatic carbocycles. The molecule has 1 fully saturated rings. The fourth-order valence-electron chi connectivity index (χ4n) is 2.34. The number of hydrogen-bond acceptors (Lipinski definition) is 1. The number of rotatable bonds is 7. The van der Waals surface area contributed by atoms with Crippen LogP contribution in [0, 0.1) is 0 Å². The second kappa shape index (κ2) is 8.96. The maximum atomic E-state index is 12.3. The van der Waals surface area contributed by atoms with Crippen molar-refractivity contribution in [3.05, 3.63) is 23.8 Å². The molecule has 1 amide bonds. The molecule has 0 aromatic heterocycles. The molecule has 1 rings (SSSR count). The summed E-state index contributed by atoms with van der Waals surface area (Å²) in [6.07, 6.45) is 14.1. The number of allylic oxidation sites excluding steroid dienone is 3. The van der Waals surface area contributed by atoms with Gasteiger partial charge >= 0.3 is 0 Å². The molecule has 0 radical (unpaired) electrons. The number of amides is 1. The minimum absolute atomic E-state index is 0.266. The highest BCUT2D eigenvalue weighted by Gasteiger charge is 2.20. The topological polar surface area (TPSA) is 20.3 Å². The summed E-state index contributed by atoms with van der Waals surface area (Å²) in [7, 11) is 0. The molecule has 0 aromatic rings. The van der Waals surface area contributed by atoms with Crippen LogP contribution in [0.4, 0.5) is 0 Å². The summed E-state index contributed by atoms with van der Waals surface area (Å²) in [6, 6.07) is 0. The van der Waals surface area contributed by atoms with Crippen LogP contribution in [0.1, 0.15) is 58.8 Å². The number of carbonyl (C=O) groups is 1. The molecule has 18 heavy (non-hydrogen) atoms. The van der Waals surface area contributed by atoms with E-state index < -0.39 is 0 Å². The standard InChI is InChI=1S/C16H27NO/c1-3-5-7-8-12-15(11-6-4-2)16(18)17-13-9-10-14-17/h4,6,11H,3,5,7-10,12-14H2,1-2H3/b6-4+,15-11-. The fraction of sp³-hybridized carbons (Fsp3) is 0.688. The number of unbranched alkanes of at least 4 members (excludes halogenated alkanes) is 3.